The van der Waals surface area contributed by atoms with Gasteiger partial charge in [0.1, 0.15) is 0 Å². The fourth-order valence-electron chi connectivity index (χ4n) is 4.57. The van der Waals surface area contributed by atoms with Crippen LogP contribution in [0.25, 0.3) is 0 Å². The van der Waals surface area contributed by atoms with E-state index in [1.165, 1.54) is 44.9 Å². The van der Waals surface area contributed by atoms with Gasteiger partial charge in [-0.15, -0.1) is 0 Å². The van der Waals surface area contributed by atoms with Crippen molar-refractivity contribution in [1.29, 1.82) is 0 Å². The van der Waals surface area contributed by atoms with E-state index in [9.17, 15) is 0 Å². The molecule has 116 valence electrons. The maximum Gasteiger partial charge on any atom is 0.0665 e. The van der Waals surface area contributed by atoms with E-state index in [0.29, 0.717) is 23.7 Å². The van der Waals surface area contributed by atoms with Gasteiger partial charge in [-0.3, -0.25) is 0 Å². The summed E-state index contributed by atoms with van der Waals surface area (Å²) in [7, 11) is 0. The van der Waals surface area contributed by atoms with E-state index in [2.05, 4.69) is 12.2 Å². The fraction of sp³-hybridized carbons (Fsp3) is 1.00. The summed E-state index contributed by atoms with van der Waals surface area (Å²) < 4.78 is 12.0. The average molecular weight is 281 g/mol. The molecule has 3 heteroatoms. The molecular formula is C17H31NO2. The summed E-state index contributed by atoms with van der Waals surface area (Å²) in [4.78, 5) is 0. The van der Waals surface area contributed by atoms with Crippen molar-refractivity contribution in [2.75, 3.05) is 19.8 Å². The van der Waals surface area contributed by atoms with Crippen LogP contribution in [0.4, 0.5) is 0 Å². The Hall–Kier alpha value is -0.120. The normalized spacial score (nSPS) is 34.6. The Morgan fingerprint density at radius 3 is 2.45 bits per heavy atom. The first-order valence-corrected chi connectivity index (χ1v) is 8.82. The van der Waals surface area contributed by atoms with E-state index in [1.807, 2.05) is 0 Å². The highest BCUT2D eigenvalue weighted by atomic mass is 16.5. The lowest BCUT2D eigenvalue weighted by Crippen LogP contribution is -2.64. The topological polar surface area (TPSA) is 30.5 Å². The molecule has 20 heavy (non-hydrogen) atoms. The Morgan fingerprint density at radius 1 is 1.10 bits per heavy atom. The number of nitrogens with one attached hydrogen (secondary N) is 1. The van der Waals surface area contributed by atoms with E-state index in [0.717, 1.165) is 32.6 Å². The third-order valence-electron chi connectivity index (χ3n) is 5.80. The van der Waals surface area contributed by atoms with Crippen LogP contribution in [-0.2, 0) is 9.47 Å². The van der Waals surface area contributed by atoms with E-state index < -0.39 is 0 Å². The SMILES string of the molecule is CCNC1CC(OC2CCOCC2)C12CCCCCC2. The maximum absolute atomic E-state index is 6.53. The largest absolute Gasteiger partial charge is 0.381 e. The molecule has 0 aromatic carbocycles. The summed E-state index contributed by atoms with van der Waals surface area (Å²) in [6.45, 7) is 5.11. The second kappa shape index (κ2) is 6.76. The fourth-order valence-corrected chi connectivity index (χ4v) is 4.57. The molecule has 2 unspecified atom stereocenters. The molecule has 1 aliphatic heterocycles. The van der Waals surface area contributed by atoms with Gasteiger partial charge in [0.2, 0.25) is 0 Å². The molecule has 3 rings (SSSR count). The van der Waals surface area contributed by atoms with Gasteiger partial charge in [-0.05, 0) is 38.6 Å². The van der Waals surface area contributed by atoms with Crippen LogP contribution >= 0.6 is 0 Å². The van der Waals surface area contributed by atoms with Crippen LogP contribution < -0.4 is 5.32 Å². The van der Waals surface area contributed by atoms with Gasteiger partial charge in [0, 0.05) is 24.7 Å². The Balaban J connectivity index is 1.63. The second-order valence-corrected chi connectivity index (χ2v) is 6.93. The molecule has 0 radical (unpaired) electrons. The van der Waals surface area contributed by atoms with Gasteiger partial charge in [-0.2, -0.15) is 0 Å². The molecule has 3 aliphatic rings. The van der Waals surface area contributed by atoms with Crippen LogP contribution in [0.15, 0.2) is 0 Å². The Labute approximate surface area is 123 Å². The standard InChI is InChI=1S/C17H31NO2/c1-2-18-15-13-16(20-14-7-11-19-12-8-14)17(15)9-5-3-4-6-10-17/h14-16,18H,2-13H2,1H3. The van der Waals surface area contributed by atoms with E-state index in [1.54, 1.807) is 0 Å². The molecule has 1 spiro atoms. The molecule has 1 N–H and O–H groups in total. The highest BCUT2D eigenvalue weighted by Gasteiger charge is 2.55. The third kappa shape index (κ3) is 2.90. The van der Waals surface area contributed by atoms with Crippen LogP contribution in [0.2, 0.25) is 0 Å². The smallest absolute Gasteiger partial charge is 0.0665 e. The molecule has 0 amide bonds. The summed E-state index contributed by atoms with van der Waals surface area (Å²) in [5, 5.41) is 3.73. The molecule has 2 atom stereocenters. The van der Waals surface area contributed by atoms with Crippen molar-refractivity contribution in [3.8, 4) is 0 Å². The van der Waals surface area contributed by atoms with Gasteiger partial charge >= 0.3 is 0 Å². The van der Waals surface area contributed by atoms with Crippen LogP contribution in [0.1, 0.15) is 64.7 Å². The lowest BCUT2D eigenvalue weighted by Gasteiger charge is -2.57. The van der Waals surface area contributed by atoms with Gasteiger partial charge in [-0.1, -0.05) is 32.6 Å². The highest BCUT2D eigenvalue weighted by molar-refractivity contribution is 5.08. The van der Waals surface area contributed by atoms with Crippen molar-refractivity contribution in [2.45, 2.75) is 83.0 Å². The molecule has 0 aromatic heterocycles. The van der Waals surface area contributed by atoms with Crippen LogP contribution in [-0.4, -0.2) is 38.0 Å². The zero-order valence-corrected chi connectivity index (χ0v) is 13.0. The molecule has 2 saturated carbocycles. The van der Waals surface area contributed by atoms with Crippen molar-refractivity contribution in [3.63, 3.8) is 0 Å². The molecule has 3 nitrogen and oxygen atoms in total. The lowest BCUT2D eigenvalue weighted by molar-refractivity contribution is -0.183. The zero-order valence-electron chi connectivity index (χ0n) is 13.0. The monoisotopic (exact) mass is 281 g/mol. The van der Waals surface area contributed by atoms with E-state index in [-0.39, 0.29) is 0 Å². The van der Waals surface area contributed by atoms with Crippen molar-refractivity contribution >= 4 is 0 Å². The van der Waals surface area contributed by atoms with Gasteiger partial charge < -0.3 is 14.8 Å². The first kappa shape index (κ1) is 14.8. The molecule has 0 bridgehead atoms. The second-order valence-electron chi connectivity index (χ2n) is 6.93. The summed E-state index contributed by atoms with van der Waals surface area (Å²) >= 11 is 0. The predicted molar refractivity (Wildman–Crippen MR) is 80.9 cm³/mol. The Kier molecular flexibility index (Phi) is 5.00. The summed E-state index contributed by atoms with van der Waals surface area (Å²) in [6.07, 6.45) is 12.8. The Bertz CT molecular complexity index is 293. The predicted octanol–water partition coefficient (Wildman–Crippen LogP) is 3.27. The minimum absolute atomic E-state index is 0.449. The minimum Gasteiger partial charge on any atom is -0.381 e. The number of hydrogen-bond donors (Lipinski definition) is 1. The summed E-state index contributed by atoms with van der Waals surface area (Å²) in [5.41, 5.74) is 0.449. The lowest BCUT2D eigenvalue weighted by atomic mass is 9.57. The van der Waals surface area contributed by atoms with Gasteiger partial charge in [0.15, 0.2) is 0 Å². The molecule has 1 heterocycles. The number of hydrogen-bond acceptors (Lipinski definition) is 3. The third-order valence-corrected chi connectivity index (χ3v) is 5.80. The first-order chi connectivity index (χ1) is 9.85. The van der Waals surface area contributed by atoms with Crippen LogP contribution in [0.5, 0.6) is 0 Å². The summed E-state index contributed by atoms with van der Waals surface area (Å²) in [6, 6.07) is 0.704. The molecular weight excluding hydrogens is 250 g/mol. The van der Waals surface area contributed by atoms with Gasteiger partial charge in [0.25, 0.3) is 0 Å². The van der Waals surface area contributed by atoms with E-state index in [4.69, 9.17) is 9.47 Å². The van der Waals surface area contributed by atoms with Crippen LogP contribution in [0, 0.1) is 5.41 Å². The number of rotatable bonds is 4. The molecule has 0 aromatic rings. The minimum atomic E-state index is 0.449. The Morgan fingerprint density at radius 2 is 1.80 bits per heavy atom. The molecule has 2 aliphatic carbocycles. The maximum atomic E-state index is 6.53. The number of ether oxygens (including phenoxy) is 2. The van der Waals surface area contributed by atoms with Gasteiger partial charge in [0.05, 0.1) is 12.2 Å². The van der Waals surface area contributed by atoms with Crippen molar-refractivity contribution in [2.24, 2.45) is 5.41 Å². The van der Waals surface area contributed by atoms with Crippen LogP contribution in [0.3, 0.4) is 0 Å². The van der Waals surface area contributed by atoms with Gasteiger partial charge in [-0.25, -0.2) is 0 Å². The molecule has 1 saturated heterocycles. The van der Waals surface area contributed by atoms with Crippen molar-refractivity contribution in [3.05, 3.63) is 0 Å². The summed E-state index contributed by atoms with van der Waals surface area (Å²) in [5.74, 6) is 0. The highest BCUT2D eigenvalue weighted by Crippen LogP contribution is 2.53. The van der Waals surface area contributed by atoms with Crippen molar-refractivity contribution < 1.29 is 9.47 Å². The van der Waals surface area contributed by atoms with Crippen molar-refractivity contribution in [1.82, 2.24) is 5.32 Å². The quantitative estimate of drug-likeness (QED) is 0.858. The average Bonchev–Trinajstić information content (AvgIpc) is 2.75. The van der Waals surface area contributed by atoms with E-state index >= 15 is 0 Å². The zero-order chi connectivity index (χ0) is 13.8. The molecule has 3 fully saturated rings. The first-order valence-electron chi connectivity index (χ1n) is 8.82.